The molecule has 0 aliphatic carbocycles. The topological polar surface area (TPSA) is 78.4 Å². The van der Waals surface area contributed by atoms with Crippen LogP contribution in [0.2, 0.25) is 10.0 Å². The summed E-state index contributed by atoms with van der Waals surface area (Å²) >= 11 is 11.6. The third-order valence-corrected chi connectivity index (χ3v) is 3.36. The lowest BCUT2D eigenvalue weighted by atomic mass is 10.1. The van der Waals surface area contributed by atoms with Crippen molar-refractivity contribution in [3.05, 3.63) is 28.0 Å². The van der Waals surface area contributed by atoms with Crippen molar-refractivity contribution in [3.63, 3.8) is 0 Å². The Morgan fingerprint density at radius 3 is 2.43 bits per heavy atom. The van der Waals surface area contributed by atoms with Crippen LogP contribution in [0.1, 0.15) is 19.8 Å². The Hall–Kier alpha value is -1.53. The van der Waals surface area contributed by atoms with Crippen molar-refractivity contribution in [2.75, 3.05) is 11.9 Å². The van der Waals surface area contributed by atoms with E-state index in [-0.39, 0.29) is 15.7 Å². The summed E-state index contributed by atoms with van der Waals surface area (Å²) in [5.74, 6) is -1.93. The normalized spacial score (nSPS) is 11.8. The van der Waals surface area contributed by atoms with Gasteiger partial charge in [-0.2, -0.15) is 0 Å². The number of hydrogen-bond donors (Lipinski definition) is 3. The molecular formula is C13H15Cl2FN2O3. The van der Waals surface area contributed by atoms with Crippen molar-refractivity contribution >= 4 is 40.9 Å². The highest BCUT2D eigenvalue weighted by Gasteiger charge is 2.12. The van der Waals surface area contributed by atoms with Crippen molar-refractivity contribution < 1.29 is 19.1 Å². The fourth-order valence-corrected chi connectivity index (χ4v) is 2.11. The van der Waals surface area contributed by atoms with E-state index in [9.17, 15) is 14.0 Å². The number of halogens is 3. The summed E-state index contributed by atoms with van der Waals surface area (Å²) in [6.45, 7) is 1.90. The predicted octanol–water partition coefficient (Wildman–Crippen LogP) is 3.75. The molecule has 1 aromatic rings. The van der Waals surface area contributed by atoms with E-state index >= 15 is 0 Å². The quantitative estimate of drug-likeness (QED) is 0.692. The summed E-state index contributed by atoms with van der Waals surface area (Å²) < 4.78 is 13.0. The van der Waals surface area contributed by atoms with Crippen LogP contribution in [-0.4, -0.2) is 23.7 Å². The van der Waals surface area contributed by atoms with Gasteiger partial charge in [0.05, 0.1) is 21.7 Å². The summed E-state index contributed by atoms with van der Waals surface area (Å²) in [5.41, 5.74) is 0.121. The van der Waals surface area contributed by atoms with E-state index in [0.29, 0.717) is 19.4 Å². The molecule has 21 heavy (non-hydrogen) atoms. The van der Waals surface area contributed by atoms with Gasteiger partial charge in [-0.15, -0.1) is 0 Å². The van der Waals surface area contributed by atoms with Crippen LogP contribution in [0.5, 0.6) is 0 Å². The second-order valence-corrected chi connectivity index (χ2v) is 5.32. The molecule has 1 rings (SSSR count). The number of carbonyl (C=O) groups is 2. The second kappa shape index (κ2) is 8.05. The summed E-state index contributed by atoms with van der Waals surface area (Å²) in [4.78, 5) is 22.2. The third kappa shape index (κ3) is 5.77. The molecule has 0 aliphatic rings. The summed E-state index contributed by atoms with van der Waals surface area (Å²) in [7, 11) is 0. The fourth-order valence-electron chi connectivity index (χ4n) is 1.55. The van der Waals surface area contributed by atoms with Gasteiger partial charge in [0.1, 0.15) is 5.82 Å². The van der Waals surface area contributed by atoms with E-state index in [1.807, 2.05) is 0 Å². The SMILES string of the molecule is CC(CCCNC(=O)Nc1c(Cl)cc(F)cc1Cl)C(=O)O. The van der Waals surface area contributed by atoms with Crippen LogP contribution in [0.3, 0.4) is 0 Å². The highest BCUT2D eigenvalue weighted by molar-refractivity contribution is 6.39. The molecule has 0 radical (unpaired) electrons. The number of anilines is 1. The lowest BCUT2D eigenvalue weighted by molar-refractivity contribution is -0.141. The molecule has 0 heterocycles. The van der Waals surface area contributed by atoms with Crippen molar-refractivity contribution in [2.45, 2.75) is 19.8 Å². The van der Waals surface area contributed by atoms with Crippen molar-refractivity contribution in [2.24, 2.45) is 5.92 Å². The molecule has 8 heteroatoms. The Morgan fingerprint density at radius 2 is 1.90 bits per heavy atom. The van der Waals surface area contributed by atoms with Crippen LogP contribution in [0.25, 0.3) is 0 Å². The number of amides is 2. The van der Waals surface area contributed by atoms with E-state index in [0.717, 1.165) is 12.1 Å². The minimum absolute atomic E-state index is 0.00495. The zero-order valence-electron chi connectivity index (χ0n) is 11.3. The van der Waals surface area contributed by atoms with Gasteiger partial charge in [0.2, 0.25) is 0 Å². The first-order valence-corrected chi connectivity index (χ1v) is 6.99. The molecule has 2 amide bonds. The Balaban J connectivity index is 2.43. The first kappa shape index (κ1) is 17.5. The predicted molar refractivity (Wildman–Crippen MR) is 79.5 cm³/mol. The minimum Gasteiger partial charge on any atom is -0.481 e. The van der Waals surface area contributed by atoms with E-state index < -0.39 is 23.7 Å². The van der Waals surface area contributed by atoms with Gasteiger partial charge in [-0.05, 0) is 25.0 Å². The van der Waals surface area contributed by atoms with E-state index in [1.54, 1.807) is 6.92 Å². The number of aliphatic carboxylic acids is 1. The first-order valence-electron chi connectivity index (χ1n) is 6.23. The lowest BCUT2D eigenvalue weighted by Gasteiger charge is -2.11. The highest BCUT2D eigenvalue weighted by atomic mass is 35.5. The zero-order chi connectivity index (χ0) is 16.0. The van der Waals surface area contributed by atoms with Crippen molar-refractivity contribution in [1.29, 1.82) is 0 Å². The smallest absolute Gasteiger partial charge is 0.319 e. The van der Waals surface area contributed by atoms with E-state index in [4.69, 9.17) is 28.3 Å². The van der Waals surface area contributed by atoms with Crippen LogP contribution in [0, 0.1) is 11.7 Å². The van der Waals surface area contributed by atoms with Gasteiger partial charge in [0, 0.05) is 6.54 Å². The van der Waals surface area contributed by atoms with Gasteiger partial charge >= 0.3 is 12.0 Å². The molecule has 0 saturated heterocycles. The maximum Gasteiger partial charge on any atom is 0.319 e. The summed E-state index contributed by atoms with van der Waals surface area (Å²) in [6, 6.07) is 1.53. The van der Waals surface area contributed by atoms with E-state index in [1.165, 1.54) is 0 Å². The number of urea groups is 1. The van der Waals surface area contributed by atoms with Gasteiger partial charge in [0.15, 0.2) is 0 Å². The molecule has 0 aliphatic heterocycles. The molecule has 1 atom stereocenters. The molecule has 0 fully saturated rings. The maximum atomic E-state index is 13.0. The summed E-state index contributed by atoms with van der Waals surface area (Å²) in [6.07, 6.45) is 0.972. The second-order valence-electron chi connectivity index (χ2n) is 4.51. The van der Waals surface area contributed by atoms with Crippen LogP contribution < -0.4 is 10.6 Å². The third-order valence-electron chi connectivity index (χ3n) is 2.77. The highest BCUT2D eigenvalue weighted by Crippen LogP contribution is 2.31. The Labute approximate surface area is 131 Å². The van der Waals surface area contributed by atoms with Gasteiger partial charge in [-0.25, -0.2) is 9.18 Å². The van der Waals surface area contributed by atoms with Crippen LogP contribution in [0.15, 0.2) is 12.1 Å². The molecule has 0 saturated carbocycles. The molecule has 3 N–H and O–H groups in total. The van der Waals surface area contributed by atoms with Gasteiger partial charge in [0.25, 0.3) is 0 Å². The molecule has 0 spiro atoms. The molecule has 0 aromatic heterocycles. The van der Waals surface area contributed by atoms with Gasteiger partial charge in [-0.1, -0.05) is 30.1 Å². The zero-order valence-corrected chi connectivity index (χ0v) is 12.8. The lowest BCUT2D eigenvalue weighted by Crippen LogP contribution is -2.30. The van der Waals surface area contributed by atoms with Crippen LogP contribution in [-0.2, 0) is 4.79 Å². The minimum atomic E-state index is -0.871. The number of carboxylic acid groups (broad SMARTS) is 1. The van der Waals surface area contributed by atoms with Crippen molar-refractivity contribution in [1.82, 2.24) is 5.32 Å². The molecule has 0 bridgehead atoms. The maximum absolute atomic E-state index is 13.0. The number of rotatable bonds is 6. The van der Waals surface area contributed by atoms with Crippen molar-refractivity contribution in [3.8, 4) is 0 Å². The monoisotopic (exact) mass is 336 g/mol. The first-order chi connectivity index (χ1) is 9.81. The van der Waals surface area contributed by atoms with E-state index in [2.05, 4.69) is 10.6 Å². The Kier molecular flexibility index (Phi) is 6.71. The standard InChI is InChI=1S/C13H15Cl2FN2O3/c1-7(12(19)20)3-2-4-17-13(21)18-11-9(14)5-8(16)6-10(11)15/h5-7H,2-4H2,1H3,(H,19,20)(H2,17,18,21). The Morgan fingerprint density at radius 1 is 1.33 bits per heavy atom. The average molecular weight is 337 g/mol. The molecule has 5 nitrogen and oxygen atoms in total. The molecule has 1 aromatic carbocycles. The number of benzene rings is 1. The number of carbonyl (C=O) groups excluding carboxylic acids is 1. The molecule has 1 unspecified atom stereocenters. The average Bonchev–Trinajstić information content (AvgIpc) is 2.38. The van der Waals surface area contributed by atoms with Crippen LogP contribution >= 0.6 is 23.2 Å². The van der Waals surface area contributed by atoms with Crippen LogP contribution in [0.4, 0.5) is 14.9 Å². The van der Waals surface area contributed by atoms with Gasteiger partial charge in [-0.3, -0.25) is 4.79 Å². The largest absolute Gasteiger partial charge is 0.481 e. The van der Waals surface area contributed by atoms with Gasteiger partial charge < -0.3 is 15.7 Å². The molecular weight excluding hydrogens is 322 g/mol. The Bertz CT molecular complexity index is 517. The number of carboxylic acids is 1. The summed E-state index contributed by atoms with van der Waals surface area (Å²) in [5, 5.41) is 13.7. The number of hydrogen-bond acceptors (Lipinski definition) is 2. The fraction of sp³-hybridized carbons (Fsp3) is 0.385. The molecule has 116 valence electrons. The number of nitrogens with one attached hydrogen (secondary N) is 2.